The third kappa shape index (κ3) is 3.58. The van der Waals surface area contributed by atoms with E-state index in [1.165, 1.54) is 0 Å². The predicted octanol–water partition coefficient (Wildman–Crippen LogP) is 2.35. The second kappa shape index (κ2) is 5.94. The molecule has 110 valence electrons. The first-order valence-electron chi connectivity index (χ1n) is 7.28. The highest BCUT2D eigenvalue weighted by molar-refractivity contribution is 5.81. The minimum atomic E-state index is -0.419. The first kappa shape index (κ1) is 15.0. The van der Waals surface area contributed by atoms with E-state index in [0.29, 0.717) is 13.0 Å². The molecule has 0 radical (unpaired) electrons. The number of nitrogens with one attached hydrogen (secondary N) is 1. The first-order valence-corrected chi connectivity index (χ1v) is 7.28. The standard InChI is InChI=1S/C16H25N3O/c1-5-19-15-9-7-6-8-13(15)14(18-19)10-12(20)11-17-16(2,3)4/h6-9,12,17,20H,5,10-11H2,1-4H3. The summed E-state index contributed by atoms with van der Waals surface area (Å²) in [7, 11) is 0. The Bertz CT molecular complexity index is 569. The first-order chi connectivity index (χ1) is 9.40. The van der Waals surface area contributed by atoms with Crippen molar-refractivity contribution in [3.63, 3.8) is 0 Å². The molecule has 4 heteroatoms. The van der Waals surface area contributed by atoms with Gasteiger partial charge in [-0.25, -0.2) is 0 Å². The lowest BCUT2D eigenvalue weighted by Gasteiger charge is -2.22. The molecule has 2 rings (SSSR count). The van der Waals surface area contributed by atoms with Gasteiger partial charge in [-0.05, 0) is 33.8 Å². The average Bonchev–Trinajstić information content (AvgIpc) is 2.74. The molecule has 2 aromatic rings. The van der Waals surface area contributed by atoms with Crippen molar-refractivity contribution in [2.75, 3.05) is 6.54 Å². The summed E-state index contributed by atoms with van der Waals surface area (Å²) < 4.78 is 1.99. The van der Waals surface area contributed by atoms with Crippen molar-refractivity contribution in [3.05, 3.63) is 30.0 Å². The van der Waals surface area contributed by atoms with Gasteiger partial charge in [0.1, 0.15) is 0 Å². The van der Waals surface area contributed by atoms with Gasteiger partial charge >= 0.3 is 0 Å². The quantitative estimate of drug-likeness (QED) is 0.880. The molecular formula is C16H25N3O. The van der Waals surface area contributed by atoms with Crippen LogP contribution >= 0.6 is 0 Å². The molecule has 20 heavy (non-hydrogen) atoms. The summed E-state index contributed by atoms with van der Waals surface area (Å²) in [6.45, 7) is 9.80. The molecule has 2 N–H and O–H groups in total. The highest BCUT2D eigenvalue weighted by Gasteiger charge is 2.16. The van der Waals surface area contributed by atoms with Crippen LogP contribution in [0.15, 0.2) is 24.3 Å². The van der Waals surface area contributed by atoms with Crippen LogP contribution in [0.3, 0.4) is 0 Å². The third-order valence-electron chi connectivity index (χ3n) is 3.33. The van der Waals surface area contributed by atoms with Crippen LogP contribution in [0.5, 0.6) is 0 Å². The number of nitrogens with zero attached hydrogens (tertiary/aromatic N) is 2. The number of hydrogen-bond donors (Lipinski definition) is 2. The Hall–Kier alpha value is -1.39. The molecule has 0 spiro atoms. The molecule has 0 aliphatic carbocycles. The van der Waals surface area contributed by atoms with Crippen LogP contribution in [0.25, 0.3) is 10.9 Å². The van der Waals surface area contributed by atoms with Gasteiger partial charge in [-0.2, -0.15) is 5.10 Å². The summed E-state index contributed by atoms with van der Waals surface area (Å²) in [4.78, 5) is 0. The number of fused-ring (bicyclic) bond motifs is 1. The molecule has 0 bridgehead atoms. The summed E-state index contributed by atoms with van der Waals surface area (Å²) >= 11 is 0. The zero-order valence-electron chi connectivity index (χ0n) is 12.8. The van der Waals surface area contributed by atoms with Crippen LogP contribution in [-0.2, 0) is 13.0 Å². The van der Waals surface area contributed by atoms with E-state index in [1.54, 1.807) is 0 Å². The van der Waals surface area contributed by atoms with Crippen molar-refractivity contribution in [1.82, 2.24) is 15.1 Å². The summed E-state index contributed by atoms with van der Waals surface area (Å²) in [5, 5.41) is 19.3. The molecule has 1 heterocycles. The van der Waals surface area contributed by atoms with Crippen LogP contribution in [0, 0.1) is 0 Å². The molecule has 0 saturated heterocycles. The Morgan fingerprint density at radius 1 is 1.30 bits per heavy atom. The molecule has 0 aliphatic rings. The molecule has 0 fully saturated rings. The van der Waals surface area contributed by atoms with Crippen molar-refractivity contribution in [3.8, 4) is 0 Å². The van der Waals surface area contributed by atoms with Crippen molar-refractivity contribution in [1.29, 1.82) is 0 Å². The summed E-state index contributed by atoms with van der Waals surface area (Å²) in [6.07, 6.45) is 0.161. The zero-order chi connectivity index (χ0) is 14.8. The third-order valence-corrected chi connectivity index (χ3v) is 3.33. The lowest BCUT2D eigenvalue weighted by atomic mass is 10.1. The molecule has 1 aromatic carbocycles. The van der Waals surface area contributed by atoms with Gasteiger partial charge < -0.3 is 10.4 Å². The second-order valence-electron chi connectivity index (χ2n) is 6.27. The fourth-order valence-corrected chi connectivity index (χ4v) is 2.31. The van der Waals surface area contributed by atoms with Crippen LogP contribution < -0.4 is 5.32 Å². The maximum Gasteiger partial charge on any atom is 0.0729 e. The van der Waals surface area contributed by atoms with Crippen molar-refractivity contribution in [2.24, 2.45) is 0 Å². The molecule has 4 nitrogen and oxygen atoms in total. The van der Waals surface area contributed by atoms with Crippen molar-refractivity contribution < 1.29 is 5.11 Å². The minimum absolute atomic E-state index is 0.0197. The number of para-hydroxylation sites is 1. The summed E-state index contributed by atoms with van der Waals surface area (Å²) in [6, 6.07) is 8.20. The second-order valence-corrected chi connectivity index (χ2v) is 6.27. The van der Waals surface area contributed by atoms with Crippen molar-refractivity contribution in [2.45, 2.75) is 52.3 Å². The Morgan fingerprint density at radius 3 is 2.65 bits per heavy atom. The number of β-amino-alcohol motifs (C(OH)–C–C–N with tert-alkyl or cyclic N) is 1. The number of hydrogen-bond acceptors (Lipinski definition) is 3. The molecule has 0 amide bonds. The summed E-state index contributed by atoms with van der Waals surface area (Å²) in [5.41, 5.74) is 2.14. The van der Waals surface area contributed by atoms with Gasteiger partial charge in [-0.3, -0.25) is 4.68 Å². The van der Waals surface area contributed by atoms with E-state index in [-0.39, 0.29) is 5.54 Å². The Labute approximate surface area is 120 Å². The van der Waals surface area contributed by atoms with Crippen LogP contribution in [0.2, 0.25) is 0 Å². The number of aliphatic hydroxyl groups excluding tert-OH is 1. The molecule has 1 aromatic heterocycles. The van der Waals surface area contributed by atoms with E-state index in [2.05, 4.69) is 50.2 Å². The van der Waals surface area contributed by atoms with Gasteiger partial charge in [-0.15, -0.1) is 0 Å². The highest BCUT2D eigenvalue weighted by atomic mass is 16.3. The van der Waals surface area contributed by atoms with Gasteiger partial charge in [0.2, 0.25) is 0 Å². The Kier molecular flexibility index (Phi) is 4.45. The molecule has 1 unspecified atom stereocenters. The van der Waals surface area contributed by atoms with Crippen molar-refractivity contribution >= 4 is 10.9 Å². The molecular weight excluding hydrogens is 250 g/mol. The van der Waals surface area contributed by atoms with E-state index < -0.39 is 6.10 Å². The van der Waals surface area contributed by atoms with E-state index in [0.717, 1.165) is 23.1 Å². The largest absolute Gasteiger partial charge is 0.391 e. The topological polar surface area (TPSA) is 50.1 Å². The number of rotatable bonds is 5. The van der Waals surface area contributed by atoms with Gasteiger partial charge in [0.15, 0.2) is 0 Å². The number of aliphatic hydroxyl groups is 1. The lowest BCUT2D eigenvalue weighted by molar-refractivity contribution is 0.160. The SMILES string of the molecule is CCn1nc(CC(O)CNC(C)(C)C)c2ccccc21. The molecule has 0 saturated carbocycles. The Balaban J connectivity index is 2.13. The van der Waals surface area contributed by atoms with E-state index >= 15 is 0 Å². The maximum absolute atomic E-state index is 10.2. The lowest BCUT2D eigenvalue weighted by Crippen LogP contribution is -2.41. The van der Waals surface area contributed by atoms with Crippen LogP contribution in [0.4, 0.5) is 0 Å². The fourth-order valence-electron chi connectivity index (χ4n) is 2.31. The minimum Gasteiger partial charge on any atom is -0.391 e. The van der Waals surface area contributed by atoms with E-state index in [4.69, 9.17) is 0 Å². The van der Waals surface area contributed by atoms with Gasteiger partial charge in [-0.1, -0.05) is 18.2 Å². The highest BCUT2D eigenvalue weighted by Crippen LogP contribution is 2.19. The van der Waals surface area contributed by atoms with E-state index in [9.17, 15) is 5.11 Å². The Morgan fingerprint density at radius 2 is 2.00 bits per heavy atom. The number of aryl methyl sites for hydroxylation is 1. The van der Waals surface area contributed by atoms with Crippen LogP contribution in [0.1, 0.15) is 33.4 Å². The van der Waals surface area contributed by atoms with Gasteiger partial charge in [0, 0.05) is 30.4 Å². The molecule has 0 aliphatic heterocycles. The average molecular weight is 275 g/mol. The molecule has 1 atom stereocenters. The maximum atomic E-state index is 10.2. The van der Waals surface area contributed by atoms with Gasteiger partial charge in [0.05, 0.1) is 17.3 Å². The number of aromatic nitrogens is 2. The van der Waals surface area contributed by atoms with E-state index in [1.807, 2.05) is 16.8 Å². The smallest absolute Gasteiger partial charge is 0.0729 e. The number of benzene rings is 1. The zero-order valence-corrected chi connectivity index (χ0v) is 12.8. The normalized spacial score (nSPS) is 13.8. The van der Waals surface area contributed by atoms with Gasteiger partial charge in [0.25, 0.3) is 0 Å². The monoisotopic (exact) mass is 275 g/mol. The predicted molar refractivity (Wildman–Crippen MR) is 82.9 cm³/mol. The fraction of sp³-hybridized carbons (Fsp3) is 0.562. The van der Waals surface area contributed by atoms with Crippen LogP contribution in [-0.4, -0.2) is 33.1 Å². The summed E-state index contributed by atoms with van der Waals surface area (Å²) in [5.74, 6) is 0.